The Morgan fingerprint density at radius 3 is 2.42 bits per heavy atom. The van der Waals surface area contributed by atoms with E-state index in [1.807, 2.05) is 0 Å². The summed E-state index contributed by atoms with van der Waals surface area (Å²) in [4.78, 5) is 25.9. The van der Waals surface area contributed by atoms with Gasteiger partial charge in [-0.15, -0.1) is 0 Å². The first-order chi connectivity index (χ1) is 16.0. The lowest BCUT2D eigenvalue weighted by Crippen LogP contribution is -2.45. The lowest BCUT2D eigenvalue weighted by atomic mass is 9.98. The highest BCUT2D eigenvalue weighted by Crippen LogP contribution is 2.27. The predicted octanol–water partition coefficient (Wildman–Crippen LogP) is 4.10. The summed E-state index contributed by atoms with van der Waals surface area (Å²) in [6, 6.07) is 12.7. The molecule has 1 aromatic carbocycles. The van der Waals surface area contributed by atoms with E-state index in [1.165, 1.54) is 17.2 Å². The lowest BCUT2D eigenvalue weighted by molar-refractivity contribution is 0.119. The number of hydrogen-bond acceptors (Lipinski definition) is 6. The van der Waals surface area contributed by atoms with Gasteiger partial charge in [-0.2, -0.15) is 4.98 Å². The van der Waals surface area contributed by atoms with Crippen LogP contribution in [0.2, 0.25) is 0 Å². The molecule has 2 aromatic heterocycles. The molecule has 1 aliphatic rings. The number of anilines is 1. The third-order valence-electron chi connectivity index (χ3n) is 6.55. The molecule has 1 fully saturated rings. The summed E-state index contributed by atoms with van der Waals surface area (Å²) in [5, 5.41) is 4.22. The highest BCUT2D eigenvalue weighted by molar-refractivity contribution is 5.74. The lowest BCUT2D eigenvalue weighted by Gasteiger charge is -2.39. The Hall–Kier alpha value is -3.19. The number of rotatable bonds is 7. The molecule has 1 saturated heterocycles. The molecule has 2 unspecified atom stereocenters. The maximum Gasteiger partial charge on any atom is 0.251 e. The van der Waals surface area contributed by atoms with Gasteiger partial charge in [-0.25, -0.2) is 4.98 Å². The van der Waals surface area contributed by atoms with Crippen LogP contribution in [0.1, 0.15) is 50.4 Å². The van der Waals surface area contributed by atoms with Crippen LogP contribution in [-0.4, -0.2) is 50.5 Å². The molecule has 4 rings (SSSR count). The Morgan fingerprint density at radius 2 is 1.76 bits per heavy atom. The second-order valence-corrected chi connectivity index (χ2v) is 8.71. The first-order valence-electron chi connectivity index (χ1n) is 11.8. The van der Waals surface area contributed by atoms with Gasteiger partial charge in [0.05, 0.1) is 6.04 Å². The number of nitrogens with zero attached hydrogens (tertiary/aromatic N) is 5. The van der Waals surface area contributed by atoms with E-state index in [4.69, 9.17) is 0 Å². The van der Waals surface area contributed by atoms with Crippen molar-refractivity contribution < 1.29 is 0 Å². The SMILES string of the molecule is CC=CN1CCN(C(CC)c2ccc(C(C)Nc3ncc4ccc(=O)n(C)c4n3)cc2)CC1. The Kier molecular flexibility index (Phi) is 7.08. The number of allylic oxidation sites excluding steroid dienone is 1. The van der Waals surface area contributed by atoms with E-state index in [-0.39, 0.29) is 11.6 Å². The van der Waals surface area contributed by atoms with Gasteiger partial charge in [-0.05, 0) is 43.7 Å². The first kappa shape index (κ1) is 23.0. The summed E-state index contributed by atoms with van der Waals surface area (Å²) in [5.41, 5.74) is 3.09. The molecule has 1 N–H and O–H groups in total. The van der Waals surface area contributed by atoms with Crippen LogP contribution in [0.15, 0.2) is 59.7 Å². The van der Waals surface area contributed by atoms with Crippen LogP contribution < -0.4 is 10.9 Å². The Balaban J connectivity index is 1.44. The Labute approximate surface area is 195 Å². The fraction of sp³-hybridized carbons (Fsp3) is 0.423. The van der Waals surface area contributed by atoms with Gasteiger partial charge < -0.3 is 10.2 Å². The maximum atomic E-state index is 11.9. The fourth-order valence-corrected chi connectivity index (χ4v) is 4.61. The Morgan fingerprint density at radius 1 is 1.06 bits per heavy atom. The second-order valence-electron chi connectivity index (χ2n) is 8.71. The van der Waals surface area contributed by atoms with Crippen LogP contribution in [0.5, 0.6) is 0 Å². The topological polar surface area (TPSA) is 66.3 Å². The van der Waals surface area contributed by atoms with Crippen LogP contribution in [0, 0.1) is 0 Å². The summed E-state index contributed by atoms with van der Waals surface area (Å²) in [6.45, 7) is 10.8. The van der Waals surface area contributed by atoms with E-state index in [0.717, 1.165) is 38.0 Å². The summed E-state index contributed by atoms with van der Waals surface area (Å²) in [5.74, 6) is 0.519. The molecular weight excluding hydrogens is 412 g/mol. The van der Waals surface area contributed by atoms with Crippen molar-refractivity contribution in [3.05, 3.63) is 76.4 Å². The van der Waals surface area contributed by atoms with Crippen molar-refractivity contribution in [2.75, 3.05) is 31.5 Å². The molecule has 3 heterocycles. The minimum Gasteiger partial charge on any atom is -0.375 e. The first-order valence-corrected chi connectivity index (χ1v) is 11.8. The summed E-state index contributed by atoms with van der Waals surface area (Å²) < 4.78 is 1.55. The normalized spacial score (nSPS) is 16.9. The highest BCUT2D eigenvalue weighted by Gasteiger charge is 2.23. The molecule has 7 nitrogen and oxygen atoms in total. The fourth-order valence-electron chi connectivity index (χ4n) is 4.61. The molecule has 0 radical (unpaired) electrons. The van der Waals surface area contributed by atoms with Crippen molar-refractivity contribution in [3.63, 3.8) is 0 Å². The zero-order valence-corrected chi connectivity index (χ0v) is 20.0. The van der Waals surface area contributed by atoms with Gasteiger partial charge in [0.1, 0.15) is 5.65 Å². The third-order valence-corrected chi connectivity index (χ3v) is 6.55. The molecule has 0 amide bonds. The monoisotopic (exact) mass is 446 g/mol. The van der Waals surface area contributed by atoms with Crippen molar-refractivity contribution in [3.8, 4) is 0 Å². The van der Waals surface area contributed by atoms with Crippen molar-refractivity contribution >= 4 is 17.0 Å². The zero-order chi connectivity index (χ0) is 23.4. The number of aryl methyl sites for hydroxylation is 1. The van der Waals surface area contributed by atoms with E-state index < -0.39 is 0 Å². The molecular formula is C26H34N6O. The van der Waals surface area contributed by atoms with Gasteiger partial charge in [0.2, 0.25) is 5.95 Å². The van der Waals surface area contributed by atoms with E-state index >= 15 is 0 Å². The molecule has 0 aliphatic carbocycles. The van der Waals surface area contributed by atoms with Gasteiger partial charge in [0.25, 0.3) is 5.56 Å². The standard InChI is InChI=1S/C26H34N6O/c1-5-13-31-14-16-32(17-15-31)23(6-2)21-9-7-20(8-10-21)19(3)28-26-27-18-22-11-12-24(33)30(4)25(22)29-26/h5,7-13,18-19,23H,6,14-17H2,1-4H3,(H,27,28,29). The minimum atomic E-state index is -0.0792. The van der Waals surface area contributed by atoms with E-state index in [9.17, 15) is 4.79 Å². The van der Waals surface area contributed by atoms with E-state index in [2.05, 4.69) is 82.4 Å². The molecule has 3 aromatic rings. The van der Waals surface area contributed by atoms with Crippen LogP contribution >= 0.6 is 0 Å². The van der Waals surface area contributed by atoms with Crippen LogP contribution in [0.25, 0.3) is 11.0 Å². The number of fused-ring (bicyclic) bond motifs is 1. The highest BCUT2D eigenvalue weighted by atomic mass is 16.1. The number of pyridine rings is 1. The van der Waals surface area contributed by atoms with Gasteiger partial charge in [0.15, 0.2) is 0 Å². The third kappa shape index (κ3) is 5.09. The molecule has 174 valence electrons. The van der Waals surface area contributed by atoms with Crippen molar-refractivity contribution in [2.45, 2.75) is 39.3 Å². The van der Waals surface area contributed by atoms with Gasteiger partial charge in [-0.1, -0.05) is 37.3 Å². The van der Waals surface area contributed by atoms with E-state index in [0.29, 0.717) is 17.6 Å². The van der Waals surface area contributed by atoms with Crippen molar-refractivity contribution in [1.29, 1.82) is 0 Å². The average molecular weight is 447 g/mol. The Bertz CT molecular complexity index is 1160. The average Bonchev–Trinajstić information content (AvgIpc) is 2.84. The van der Waals surface area contributed by atoms with Gasteiger partial charge in [0, 0.05) is 56.9 Å². The predicted molar refractivity (Wildman–Crippen MR) is 134 cm³/mol. The van der Waals surface area contributed by atoms with Crippen LogP contribution in [0.3, 0.4) is 0 Å². The molecule has 0 spiro atoms. The summed E-state index contributed by atoms with van der Waals surface area (Å²) >= 11 is 0. The van der Waals surface area contributed by atoms with Gasteiger partial charge in [-0.3, -0.25) is 14.3 Å². The second kappa shape index (κ2) is 10.2. The smallest absolute Gasteiger partial charge is 0.251 e. The summed E-state index contributed by atoms with van der Waals surface area (Å²) in [7, 11) is 1.73. The molecule has 2 atom stereocenters. The maximum absolute atomic E-state index is 11.9. The number of piperazine rings is 1. The van der Waals surface area contributed by atoms with E-state index in [1.54, 1.807) is 23.9 Å². The molecule has 1 aliphatic heterocycles. The van der Waals surface area contributed by atoms with Gasteiger partial charge >= 0.3 is 0 Å². The number of benzene rings is 1. The van der Waals surface area contributed by atoms with Crippen LogP contribution in [0.4, 0.5) is 5.95 Å². The van der Waals surface area contributed by atoms with Crippen LogP contribution in [-0.2, 0) is 7.05 Å². The van der Waals surface area contributed by atoms with Crippen molar-refractivity contribution in [1.82, 2.24) is 24.3 Å². The molecule has 7 heteroatoms. The van der Waals surface area contributed by atoms with Crippen molar-refractivity contribution in [2.24, 2.45) is 7.05 Å². The number of nitrogens with one attached hydrogen (secondary N) is 1. The number of hydrogen-bond donors (Lipinski definition) is 1. The molecule has 0 bridgehead atoms. The molecule has 33 heavy (non-hydrogen) atoms. The molecule has 0 saturated carbocycles. The number of aromatic nitrogens is 3. The zero-order valence-electron chi connectivity index (χ0n) is 20.0. The minimum absolute atomic E-state index is 0.0432. The largest absolute Gasteiger partial charge is 0.375 e. The quantitative estimate of drug-likeness (QED) is 0.589. The summed E-state index contributed by atoms with van der Waals surface area (Å²) in [6.07, 6.45) is 7.16.